The largest absolute Gasteiger partial charge is 0.461 e. The zero-order valence-corrected chi connectivity index (χ0v) is 11.7. The van der Waals surface area contributed by atoms with Crippen LogP contribution in [0.5, 0.6) is 0 Å². The second kappa shape index (κ2) is 7.09. The number of carbonyl (C=O) groups excluding carboxylic acids is 2. The van der Waals surface area contributed by atoms with Crippen LogP contribution in [0.2, 0.25) is 0 Å². The number of alkyl halides is 3. The lowest BCUT2D eigenvalue weighted by atomic mass is 10.2. The Bertz CT molecular complexity index is 512. The number of rotatable bonds is 6. The van der Waals surface area contributed by atoms with E-state index >= 15 is 0 Å². The molecule has 1 amide bonds. The van der Waals surface area contributed by atoms with Crippen LogP contribution in [0.25, 0.3) is 0 Å². The molecule has 0 spiro atoms. The van der Waals surface area contributed by atoms with E-state index in [1.54, 1.807) is 14.0 Å². The summed E-state index contributed by atoms with van der Waals surface area (Å²) < 4.78 is 42.1. The van der Waals surface area contributed by atoms with Gasteiger partial charge in [-0.25, -0.2) is 9.78 Å². The number of aromatic nitrogens is 2. The molecule has 0 aliphatic carbocycles. The Morgan fingerprint density at radius 3 is 2.67 bits per heavy atom. The molecule has 21 heavy (non-hydrogen) atoms. The van der Waals surface area contributed by atoms with Crippen LogP contribution in [0.3, 0.4) is 0 Å². The Morgan fingerprint density at radius 1 is 1.43 bits per heavy atom. The fourth-order valence-corrected chi connectivity index (χ4v) is 1.57. The van der Waals surface area contributed by atoms with Crippen LogP contribution in [0, 0.1) is 0 Å². The Kier molecular flexibility index (Phi) is 5.74. The topological polar surface area (TPSA) is 73.2 Å². The predicted octanol–water partition coefficient (Wildman–Crippen LogP) is 2.27. The van der Waals surface area contributed by atoms with Gasteiger partial charge in [0.2, 0.25) is 5.91 Å². The number of amides is 1. The number of anilines is 1. The van der Waals surface area contributed by atoms with Gasteiger partial charge >= 0.3 is 12.1 Å². The molecule has 0 unspecified atom stereocenters. The Morgan fingerprint density at radius 2 is 2.10 bits per heavy atom. The predicted molar refractivity (Wildman–Crippen MR) is 67.7 cm³/mol. The normalized spacial score (nSPS) is 11.3. The van der Waals surface area contributed by atoms with Crippen molar-refractivity contribution in [3.05, 3.63) is 12.0 Å². The molecular weight excluding hydrogens is 291 g/mol. The molecule has 9 heteroatoms. The quantitative estimate of drug-likeness (QED) is 0.818. The van der Waals surface area contributed by atoms with Gasteiger partial charge in [0.05, 0.1) is 12.9 Å². The van der Waals surface area contributed by atoms with Crippen molar-refractivity contribution in [1.29, 1.82) is 0 Å². The van der Waals surface area contributed by atoms with Crippen molar-refractivity contribution in [3.63, 3.8) is 0 Å². The molecule has 0 aliphatic rings. The van der Waals surface area contributed by atoms with Gasteiger partial charge in [0.15, 0.2) is 5.69 Å². The first kappa shape index (κ1) is 17.0. The van der Waals surface area contributed by atoms with Crippen LogP contribution >= 0.6 is 0 Å². The van der Waals surface area contributed by atoms with Crippen LogP contribution in [0.1, 0.15) is 36.7 Å². The summed E-state index contributed by atoms with van der Waals surface area (Å²) in [4.78, 5) is 27.0. The highest BCUT2D eigenvalue weighted by molar-refractivity contribution is 5.98. The van der Waals surface area contributed by atoms with Crippen LogP contribution < -0.4 is 5.32 Å². The highest BCUT2D eigenvalue weighted by atomic mass is 19.4. The number of hydrogen-bond donors (Lipinski definition) is 1. The van der Waals surface area contributed by atoms with Crippen molar-refractivity contribution in [1.82, 2.24) is 9.55 Å². The third-order valence-corrected chi connectivity index (χ3v) is 2.53. The van der Waals surface area contributed by atoms with Gasteiger partial charge in [-0.15, -0.1) is 0 Å². The van der Waals surface area contributed by atoms with Crippen LogP contribution in [0.4, 0.5) is 19.0 Å². The third-order valence-electron chi connectivity index (χ3n) is 2.53. The van der Waals surface area contributed by atoms with E-state index in [2.05, 4.69) is 10.3 Å². The van der Waals surface area contributed by atoms with Gasteiger partial charge in [0.1, 0.15) is 5.82 Å². The molecule has 0 radical (unpaired) electrons. The summed E-state index contributed by atoms with van der Waals surface area (Å²) in [6, 6.07) is 0. The minimum Gasteiger partial charge on any atom is -0.461 e. The van der Waals surface area contributed by atoms with E-state index in [0.717, 1.165) is 0 Å². The Labute approximate surface area is 119 Å². The van der Waals surface area contributed by atoms with Crippen molar-refractivity contribution in [2.45, 2.75) is 32.4 Å². The number of carbonyl (C=O) groups is 2. The maximum absolute atomic E-state index is 12.0. The maximum atomic E-state index is 12.0. The molecule has 1 aromatic rings. The second-order valence-electron chi connectivity index (χ2n) is 4.29. The van der Waals surface area contributed by atoms with Crippen molar-refractivity contribution in [2.24, 2.45) is 7.05 Å². The molecule has 0 saturated heterocycles. The van der Waals surface area contributed by atoms with Gasteiger partial charge in [0.25, 0.3) is 0 Å². The summed E-state index contributed by atoms with van der Waals surface area (Å²) in [7, 11) is 1.54. The summed E-state index contributed by atoms with van der Waals surface area (Å²) in [5, 5.41) is 2.38. The molecular formula is C12H16F3N3O3. The van der Waals surface area contributed by atoms with E-state index in [9.17, 15) is 22.8 Å². The Balaban J connectivity index is 2.64. The van der Waals surface area contributed by atoms with E-state index in [4.69, 9.17) is 4.74 Å². The smallest absolute Gasteiger partial charge is 0.389 e. The average Bonchev–Trinajstić information content (AvgIpc) is 2.70. The zero-order chi connectivity index (χ0) is 16.0. The van der Waals surface area contributed by atoms with E-state index in [1.165, 1.54) is 10.9 Å². The SMILES string of the molecule is CCOC(=O)c1ncn(C)c1NC(=O)CCCC(F)(F)F. The first-order valence-electron chi connectivity index (χ1n) is 6.29. The zero-order valence-electron chi connectivity index (χ0n) is 11.7. The summed E-state index contributed by atoms with van der Waals surface area (Å²) in [6.07, 6.45) is -4.63. The number of nitrogens with zero attached hydrogens (tertiary/aromatic N) is 2. The number of ether oxygens (including phenoxy) is 1. The van der Waals surface area contributed by atoms with Crippen molar-refractivity contribution < 1.29 is 27.5 Å². The number of halogens is 3. The molecule has 6 nitrogen and oxygen atoms in total. The summed E-state index contributed by atoms with van der Waals surface area (Å²) >= 11 is 0. The van der Waals surface area contributed by atoms with Crippen LogP contribution in [-0.4, -0.2) is 34.2 Å². The molecule has 1 N–H and O–H groups in total. The standard InChI is InChI=1S/C12H16F3N3O3/c1-3-21-11(20)9-10(18(2)7-16-9)17-8(19)5-4-6-12(13,14)15/h7H,3-6H2,1-2H3,(H,17,19). The lowest BCUT2D eigenvalue weighted by Gasteiger charge is -2.09. The van der Waals surface area contributed by atoms with Gasteiger partial charge in [-0.05, 0) is 13.3 Å². The summed E-state index contributed by atoms with van der Waals surface area (Å²) in [6.45, 7) is 1.77. The number of nitrogens with one attached hydrogen (secondary N) is 1. The fourth-order valence-electron chi connectivity index (χ4n) is 1.57. The molecule has 0 fully saturated rings. The molecule has 0 bridgehead atoms. The van der Waals surface area contributed by atoms with Gasteiger partial charge in [-0.1, -0.05) is 0 Å². The van der Waals surface area contributed by atoms with Crippen molar-refractivity contribution in [2.75, 3.05) is 11.9 Å². The molecule has 118 valence electrons. The number of esters is 1. The molecule has 0 aromatic carbocycles. The Hall–Kier alpha value is -2.06. The summed E-state index contributed by atoms with van der Waals surface area (Å²) in [5.74, 6) is -1.22. The maximum Gasteiger partial charge on any atom is 0.389 e. The van der Waals surface area contributed by atoms with Crippen molar-refractivity contribution in [3.8, 4) is 0 Å². The lowest BCUT2D eigenvalue weighted by molar-refractivity contribution is -0.136. The van der Waals surface area contributed by atoms with Gasteiger partial charge in [-0.3, -0.25) is 4.79 Å². The molecule has 0 atom stereocenters. The minimum absolute atomic E-state index is 0.0801. The highest BCUT2D eigenvalue weighted by Gasteiger charge is 2.27. The average molecular weight is 307 g/mol. The fraction of sp³-hybridized carbons (Fsp3) is 0.583. The van der Waals surface area contributed by atoms with Gasteiger partial charge in [0, 0.05) is 19.9 Å². The lowest BCUT2D eigenvalue weighted by Crippen LogP contribution is -2.18. The number of aryl methyl sites for hydroxylation is 1. The molecule has 1 heterocycles. The molecule has 1 aromatic heterocycles. The number of hydrogen-bond acceptors (Lipinski definition) is 4. The first-order valence-corrected chi connectivity index (χ1v) is 6.29. The number of imidazole rings is 1. The van der Waals surface area contributed by atoms with Gasteiger partial charge < -0.3 is 14.6 Å². The third kappa shape index (κ3) is 5.44. The van der Waals surface area contributed by atoms with E-state index < -0.39 is 24.5 Å². The highest BCUT2D eigenvalue weighted by Crippen LogP contribution is 2.22. The van der Waals surface area contributed by atoms with E-state index in [1.807, 2.05) is 0 Å². The monoisotopic (exact) mass is 307 g/mol. The van der Waals surface area contributed by atoms with Gasteiger partial charge in [-0.2, -0.15) is 13.2 Å². The van der Waals surface area contributed by atoms with Crippen LogP contribution in [0.15, 0.2) is 6.33 Å². The first-order chi connectivity index (χ1) is 9.74. The summed E-state index contributed by atoms with van der Waals surface area (Å²) in [5.41, 5.74) is -0.0801. The van der Waals surface area contributed by atoms with Crippen molar-refractivity contribution >= 4 is 17.7 Å². The second-order valence-corrected chi connectivity index (χ2v) is 4.29. The minimum atomic E-state index is -4.29. The van der Waals surface area contributed by atoms with E-state index in [-0.39, 0.29) is 31.0 Å². The molecule has 1 rings (SSSR count). The van der Waals surface area contributed by atoms with E-state index in [0.29, 0.717) is 0 Å². The van der Waals surface area contributed by atoms with Crippen LogP contribution in [-0.2, 0) is 16.6 Å². The molecule has 0 aliphatic heterocycles. The molecule has 0 saturated carbocycles.